The first-order valence-electron chi connectivity index (χ1n) is 5.69. The number of nitrogens with one attached hydrogen (secondary N) is 1. The Hall–Kier alpha value is -1.71. The van der Waals surface area contributed by atoms with E-state index in [0.29, 0.717) is 21.6 Å². The van der Waals surface area contributed by atoms with Crippen molar-refractivity contribution in [1.82, 2.24) is 10.2 Å². The highest BCUT2D eigenvalue weighted by Gasteiger charge is 2.19. The molecule has 0 amide bonds. The molecule has 6 nitrogen and oxygen atoms in total. The molecule has 1 aromatic carbocycles. The third-order valence-corrected chi connectivity index (χ3v) is 6.62. The molecular weight excluding hydrogens is 378 g/mol. The van der Waals surface area contributed by atoms with Gasteiger partial charge in [0.15, 0.2) is 4.21 Å². The Bertz CT molecular complexity index is 842. The second-order valence-electron chi connectivity index (χ2n) is 3.98. The summed E-state index contributed by atoms with van der Waals surface area (Å²) in [5.74, 6) is 0.380. The average molecular weight is 386 g/mol. The Balaban J connectivity index is 1.84. The van der Waals surface area contributed by atoms with Crippen LogP contribution in [-0.2, 0) is 10.0 Å². The summed E-state index contributed by atoms with van der Waals surface area (Å²) in [6, 6.07) is 8.37. The minimum absolute atomic E-state index is 0.239. The summed E-state index contributed by atoms with van der Waals surface area (Å²) < 4.78 is 32.8. The van der Waals surface area contributed by atoms with Gasteiger partial charge in [-0.25, -0.2) is 8.42 Å². The summed E-state index contributed by atoms with van der Waals surface area (Å²) in [5, 5.41) is 9.08. The van der Waals surface area contributed by atoms with Gasteiger partial charge in [0.1, 0.15) is 0 Å². The molecule has 3 rings (SSSR count). The van der Waals surface area contributed by atoms with Gasteiger partial charge in [-0.3, -0.25) is 4.72 Å². The molecule has 0 aliphatic carbocycles. The number of halogens is 1. The molecule has 0 radical (unpaired) electrons. The smallest absolute Gasteiger partial charge is 0.272 e. The fourth-order valence-corrected chi connectivity index (χ4v) is 5.05. The first kappa shape index (κ1) is 14.2. The minimum Gasteiger partial charge on any atom is -0.423 e. The van der Waals surface area contributed by atoms with Gasteiger partial charge in [-0.05, 0) is 51.6 Å². The fourth-order valence-electron chi connectivity index (χ4n) is 1.65. The lowest BCUT2D eigenvalue weighted by Gasteiger charge is -2.07. The molecular formula is C12H8BrN3O3S2. The van der Waals surface area contributed by atoms with Gasteiger partial charge in [0, 0.05) is 15.7 Å². The SMILES string of the molecule is O=S(=O)(Nc1ccc(-c2nnco2)cc1)c1sccc1Br. The fraction of sp³-hybridized carbons (Fsp3) is 0. The maximum absolute atomic E-state index is 12.2. The van der Waals surface area contributed by atoms with Gasteiger partial charge in [0.05, 0.1) is 0 Å². The van der Waals surface area contributed by atoms with E-state index >= 15 is 0 Å². The van der Waals surface area contributed by atoms with E-state index in [9.17, 15) is 8.42 Å². The Morgan fingerprint density at radius 1 is 1.19 bits per heavy atom. The highest BCUT2D eigenvalue weighted by Crippen LogP contribution is 2.29. The maximum atomic E-state index is 12.2. The lowest BCUT2D eigenvalue weighted by molar-refractivity contribution is 0.568. The molecule has 0 spiro atoms. The molecule has 0 atom stereocenters. The van der Waals surface area contributed by atoms with Crippen molar-refractivity contribution >= 4 is 43.0 Å². The van der Waals surface area contributed by atoms with Gasteiger partial charge >= 0.3 is 0 Å². The summed E-state index contributed by atoms with van der Waals surface area (Å²) in [6.45, 7) is 0. The van der Waals surface area contributed by atoms with Gasteiger partial charge in [-0.15, -0.1) is 21.5 Å². The number of rotatable bonds is 4. The quantitative estimate of drug-likeness (QED) is 0.743. The molecule has 0 saturated heterocycles. The summed E-state index contributed by atoms with van der Waals surface area (Å²) in [6.07, 6.45) is 1.24. The number of aromatic nitrogens is 2. The molecule has 108 valence electrons. The first-order chi connectivity index (χ1) is 10.1. The van der Waals surface area contributed by atoms with Crippen LogP contribution in [0, 0.1) is 0 Å². The standard InChI is InChI=1S/C12H8BrN3O3S2/c13-10-5-6-20-12(10)21(17,18)16-9-3-1-8(2-4-9)11-15-14-7-19-11/h1-7,16H. The van der Waals surface area contributed by atoms with E-state index in [0.717, 1.165) is 11.3 Å². The van der Waals surface area contributed by atoms with Crippen LogP contribution in [0.2, 0.25) is 0 Å². The van der Waals surface area contributed by atoms with Crippen molar-refractivity contribution in [3.63, 3.8) is 0 Å². The molecule has 0 saturated carbocycles. The largest absolute Gasteiger partial charge is 0.423 e. The van der Waals surface area contributed by atoms with E-state index in [1.807, 2.05) is 0 Å². The summed E-state index contributed by atoms with van der Waals surface area (Å²) in [5.41, 5.74) is 1.17. The van der Waals surface area contributed by atoms with Crippen LogP contribution < -0.4 is 4.72 Å². The molecule has 0 bridgehead atoms. The van der Waals surface area contributed by atoms with Crippen LogP contribution in [0.3, 0.4) is 0 Å². The molecule has 3 aromatic rings. The van der Waals surface area contributed by atoms with E-state index in [2.05, 4.69) is 30.8 Å². The van der Waals surface area contributed by atoms with E-state index in [4.69, 9.17) is 4.42 Å². The van der Waals surface area contributed by atoms with Crippen molar-refractivity contribution in [2.24, 2.45) is 0 Å². The van der Waals surface area contributed by atoms with Crippen LogP contribution in [0.25, 0.3) is 11.5 Å². The van der Waals surface area contributed by atoms with Crippen LogP contribution in [0.4, 0.5) is 5.69 Å². The number of anilines is 1. The molecule has 9 heteroatoms. The van der Waals surface area contributed by atoms with Crippen molar-refractivity contribution < 1.29 is 12.8 Å². The third-order valence-electron chi connectivity index (χ3n) is 2.57. The van der Waals surface area contributed by atoms with Crippen LogP contribution in [0.5, 0.6) is 0 Å². The lowest BCUT2D eigenvalue weighted by Crippen LogP contribution is -2.11. The Morgan fingerprint density at radius 2 is 1.95 bits per heavy atom. The normalized spacial score (nSPS) is 11.5. The summed E-state index contributed by atoms with van der Waals surface area (Å²) >= 11 is 4.36. The van der Waals surface area contributed by atoms with Gasteiger partial charge in [-0.1, -0.05) is 0 Å². The predicted molar refractivity (Wildman–Crippen MR) is 82.6 cm³/mol. The van der Waals surface area contributed by atoms with Crippen LogP contribution >= 0.6 is 27.3 Å². The van der Waals surface area contributed by atoms with Crippen molar-refractivity contribution in [2.45, 2.75) is 4.21 Å². The molecule has 2 heterocycles. The monoisotopic (exact) mass is 385 g/mol. The Morgan fingerprint density at radius 3 is 2.52 bits per heavy atom. The molecule has 0 unspecified atom stereocenters. The lowest BCUT2D eigenvalue weighted by atomic mass is 10.2. The van der Waals surface area contributed by atoms with Gasteiger partial charge in [-0.2, -0.15) is 0 Å². The van der Waals surface area contributed by atoms with Crippen LogP contribution in [0.1, 0.15) is 0 Å². The number of thiophene rings is 1. The molecule has 21 heavy (non-hydrogen) atoms. The van der Waals surface area contributed by atoms with E-state index in [-0.39, 0.29) is 4.21 Å². The molecule has 1 N–H and O–H groups in total. The topological polar surface area (TPSA) is 85.1 Å². The Labute approximate surface area is 133 Å². The maximum Gasteiger partial charge on any atom is 0.272 e. The summed E-state index contributed by atoms with van der Waals surface area (Å²) in [7, 11) is -3.60. The van der Waals surface area contributed by atoms with Crippen molar-refractivity contribution in [1.29, 1.82) is 0 Å². The second kappa shape index (κ2) is 5.58. The molecule has 0 aliphatic rings. The van der Waals surface area contributed by atoms with Crippen LogP contribution in [-0.4, -0.2) is 18.6 Å². The number of sulfonamides is 1. The zero-order valence-electron chi connectivity index (χ0n) is 10.4. The third kappa shape index (κ3) is 2.99. The molecule has 0 aliphatic heterocycles. The van der Waals surface area contributed by atoms with E-state index < -0.39 is 10.0 Å². The number of nitrogens with zero attached hydrogens (tertiary/aromatic N) is 2. The van der Waals surface area contributed by atoms with E-state index in [1.54, 1.807) is 35.7 Å². The predicted octanol–water partition coefficient (Wildman–Crippen LogP) is 3.36. The highest BCUT2D eigenvalue weighted by atomic mass is 79.9. The number of hydrogen-bond acceptors (Lipinski definition) is 6. The molecule has 0 fully saturated rings. The minimum atomic E-state index is -3.60. The van der Waals surface area contributed by atoms with Crippen LogP contribution in [0.15, 0.2) is 55.2 Å². The second-order valence-corrected chi connectivity index (χ2v) is 7.63. The highest BCUT2D eigenvalue weighted by molar-refractivity contribution is 9.10. The zero-order valence-corrected chi connectivity index (χ0v) is 13.6. The van der Waals surface area contributed by atoms with Gasteiger partial charge in [0.2, 0.25) is 12.3 Å². The van der Waals surface area contributed by atoms with Gasteiger partial charge in [0.25, 0.3) is 10.0 Å². The summed E-state index contributed by atoms with van der Waals surface area (Å²) in [4.78, 5) is 0. The van der Waals surface area contributed by atoms with E-state index in [1.165, 1.54) is 6.39 Å². The van der Waals surface area contributed by atoms with Crippen molar-refractivity contribution in [3.05, 3.63) is 46.6 Å². The zero-order chi connectivity index (χ0) is 14.9. The first-order valence-corrected chi connectivity index (χ1v) is 8.84. The number of benzene rings is 1. The molecule has 2 aromatic heterocycles. The van der Waals surface area contributed by atoms with Crippen molar-refractivity contribution in [2.75, 3.05) is 4.72 Å². The van der Waals surface area contributed by atoms with Gasteiger partial charge < -0.3 is 4.42 Å². The van der Waals surface area contributed by atoms with Crippen molar-refractivity contribution in [3.8, 4) is 11.5 Å². The number of hydrogen-bond donors (Lipinski definition) is 1. The average Bonchev–Trinajstić information content (AvgIpc) is 3.10. The Kier molecular flexibility index (Phi) is 3.79.